The number of anilines is 2. The Kier molecular flexibility index (Phi) is 6.68. The fourth-order valence-electron chi connectivity index (χ4n) is 4.37. The van der Waals surface area contributed by atoms with Crippen LogP contribution in [-0.2, 0) is 0 Å². The maximum absolute atomic E-state index is 5.53. The van der Waals surface area contributed by atoms with Gasteiger partial charge in [0.15, 0.2) is 5.11 Å². The van der Waals surface area contributed by atoms with Crippen molar-refractivity contribution in [2.75, 3.05) is 23.3 Å². The Balaban J connectivity index is 1.64. The number of thiocarbonyl (C=S) groups is 1. The average molecular weight is 376 g/mol. The summed E-state index contributed by atoms with van der Waals surface area (Å²) >= 11 is 5.53. The molecule has 0 amide bonds. The molecule has 5 nitrogen and oxygen atoms in total. The van der Waals surface area contributed by atoms with Crippen molar-refractivity contribution in [2.45, 2.75) is 71.8 Å². The van der Waals surface area contributed by atoms with Crippen molar-refractivity contribution in [3.05, 3.63) is 11.8 Å². The second-order valence-corrected chi connectivity index (χ2v) is 8.74. The van der Waals surface area contributed by atoms with Crippen molar-refractivity contribution >= 4 is 29.1 Å². The van der Waals surface area contributed by atoms with Crippen LogP contribution < -0.4 is 15.5 Å². The Hall–Kier alpha value is -1.43. The van der Waals surface area contributed by atoms with Crippen molar-refractivity contribution in [3.8, 4) is 0 Å². The molecular formula is C20H33N5S. The van der Waals surface area contributed by atoms with Gasteiger partial charge in [-0.1, -0.05) is 39.5 Å². The van der Waals surface area contributed by atoms with Crippen molar-refractivity contribution in [1.82, 2.24) is 15.3 Å². The van der Waals surface area contributed by atoms with Gasteiger partial charge >= 0.3 is 0 Å². The van der Waals surface area contributed by atoms with Gasteiger partial charge in [-0.15, -0.1) is 0 Å². The molecule has 2 aliphatic rings. The van der Waals surface area contributed by atoms with E-state index in [1.54, 1.807) is 0 Å². The molecule has 2 heterocycles. The minimum atomic E-state index is 0.477. The summed E-state index contributed by atoms with van der Waals surface area (Å²) in [4.78, 5) is 11.7. The van der Waals surface area contributed by atoms with Crippen LogP contribution in [0.15, 0.2) is 6.07 Å². The number of rotatable bonds is 3. The molecule has 0 aromatic carbocycles. The van der Waals surface area contributed by atoms with Crippen molar-refractivity contribution in [2.24, 2.45) is 11.8 Å². The molecule has 0 spiro atoms. The second kappa shape index (κ2) is 8.98. The van der Waals surface area contributed by atoms with Gasteiger partial charge in [0.1, 0.15) is 5.82 Å². The number of aromatic nitrogens is 2. The highest BCUT2D eigenvalue weighted by molar-refractivity contribution is 7.80. The number of nitrogens with zero attached hydrogens (tertiary/aromatic N) is 3. The van der Waals surface area contributed by atoms with Crippen LogP contribution in [0.5, 0.6) is 0 Å². The molecule has 3 rings (SSSR count). The molecular weight excluding hydrogens is 342 g/mol. The lowest BCUT2D eigenvalue weighted by atomic mass is 9.92. The fourth-order valence-corrected chi connectivity index (χ4v) is 4.62. The van der Waals surface area contributed by atoms with Crippen LogP contribution in [0.3, 0.4) is 0 Å². The van der Waals surface area contributed by atoms with E-state index < -0.39 is 0 Å². The van der Waals surface area contributed by atoms with E-state index in [-0.39, 0.29) is 0 Å². The van der Waals surface area contributed by atoms with Gasteiger partial charge in [-0.25, -0.2) is 4.98 Å². The molecule has 144 valence electrons. The van der Waals surface area contributed by atoms with Crippen LogP contribution in [0.2, 0.25) is 0 Å². The third kappa shape index (κ3) is 5.53. The van der Waals surface area contributed by atoms with E-state index in [1.807, 2.05) is 6.92 Å². The Morgan fingerprint density at radius 1 is 1.08 bits per heavy atom. The second-order valence-electron chi connectivity index (χ2n) is 8.33. The van der Waals surface area contributed by atoms with E-state index in [1.165, 1.54) is 44.9 Å². The standard InChI is InChI=1S/C20H33N5S/c1-14-10-15(2)13-25(12-14)18-11-16(3)21-19(23-18)24-20(26)22-17-8-6-4-5-7-9-17/h11,14-15,17H,4-10,12-13H2,1-3H3,(H2,21,22,23,24,26)/t14-,15-/m0/s1. The monoisotopic (exact) mass is 375 g/mol. The molecule has 2 N–H and O–H groups in total. The molecule has 1 saturated heterocycles. The Labute approximate surface area is 163 Å². The first-order valence-electron chi connectivity index (χ1n) is 10.2. The Morgan fingerprint density at radius 2 is 1.73 bits per heavy atom. The lowest BCUT2D eigenvalue weighted by Gasteiger charge is -2.36. The normalized spacial score (nSPS) is 24.8. The molecule has 1 aromatic heterocycles. The third-order valence-electron chi connectivity index (χ3n) is 5.45. The van der Waals surface area contributed by atoms with E-state index in [4.69, 9.17) is 17.2 Å². The van der Waals surface area contributed by atoms with E-state index >= 15 is 0 Å². The lowest BCUT2D eigenvalue weighted by Crippen LogP contribution is -2.40. The van der Waals surface area contributed by atoms with Crippen LogP contribution in [0.4, 0.5) is 11.8 Å². The SMILES string of the molecule is Cc1cc(N2C[C@@H](C)C[C@H](C)C2)nc(NC(=S)NC2CCCCCC2)n1. The summed E-state index contributed by atoms with van der Waals surface area (Å²) in [6.45, 7) is 8.79. The number of nitrogens with one attached hydrogen (secondary N) is 2. The first-order valence-corrected chi connectivity index (χ1v) is 10.6. The van der Waals surface area contributed by atoms with Gasteiger partial charge in [0.05, 0.1) is 0 Å². The van der Waals surface area contributed by atoms with Gasteiger partial charge in [0.2, 0.25) is 5.95 Å². The minimum absolute atomic E-state index is 0.477. The first kappa shape index (κ1) is 19.3. The van der Waals surface area contributed by atoms with Crippen molar-refractivity contribution in [1.29, 1.82) is 0 Å². The molecule has 1 aliphatic heterocycles. The largest absolute Gasteiger partial charge is 0.360 e. The third-order valence-corrected chi connectivity index (χ3v) is 5.67. The number of hydrogen-bond acceptors (Lipinski definition) is 4. The average Bonchev–Trinajstić information content (AvgIpc) is 2.82. The van der Waals surface area contributed by atoms with Gasteiger partial charge in [-0.2, -0.15) is 4.98 Å². The van der Waals surface area contributed by atoms with Crippen LogP contribution in [0.1, 0.15) is 64.5 Å². The summed E-state index contributed by atoms with van der Waals surface area (Å²) in [5, 5.41) is 7.34. The number of piperidine rings is 1. The number of aryl methyl sites for hydroxylation is 1. The highest BCUT2D eigenvalue weighted by atomic mass is 32.1. The highest BCUT2D eigenvalue weighted by Crippen LogP contribution is 2.26. The van der Waals surface area contributed by atoms with Crippen molar-refractivity contribution in [3.63, 3.8) is 0 Å². The van der Waals surface area contributed by atoms with Crippen molar-refractivity contribution < 1.29 is 0 Å². The van der Waals surface area contributed by atoms with Gasteiger partial charge in [0.25, 0.3) is 0 Å². The molecule has 0 unspecified atom stereocenters. The molecule has 1 aliphatic carbocycles. The molecule has 1 aromatic rings. The molecule has 0 bridgehead atoms. The van der Waals surface area contributed by atoms with E-state index in [0.29, 0.717) is 28.9 Å². The highest BCUT2D eigenvalue weighted by Gasteiger charge is 2.23. The predicted octanol–water partition coefficient (Wildman–Crippen LogP) is 4.28. The predicted molar refractivity (Wildman–Crippen MR) is 113 cm³/mol. The summed E-state index contributed by atoms with van der Waals surface area (Å²) in [6.07, 6.45) is 8.95. The van der Waals surface area contributed by atoms with Crippen LogP contribution in [0, 0.1) is 18.8 Å². The Morgan fingerprint density at radius 3 is 2.38 bits per heavy atom. The maximum atomic E-state index is 5.53. The van der Waals surface area contributed by atoms with Crippen LogP contribution in [-0.4, -0.2) is 34.2 Å². The summed E-state index contributed by atoms with van der Waals surface area (Å²) in [6, 6.07) is 2.56. The number of hydrogen-bond donors (Lipinski definition) is 2. The maximum Gasteiger partial charge on any atom is 0.231 e. The zero-order valence-corrected chi connectivity index (χ0v) is 17.2. The summed E-state index contributed by atoms with van der Waals surface area (Å²) in [5.41, 5.74) is 0.973. The van der Waals surface area contributed by atoms with Gasteiger partial charge < -0.3 is 15.5 Å². The zero-order chi connectivity index (χ0) is 18.5. The summed E-state index contributed by atoms with van der Waals surface area (Å²) in [5.74, 6) is 3.01. The Bertz CT molecular complexity index is 602. The van der Waals surface area contributed by atoms with E-state index in [0.717, 1.165) is 24.6 Å². The molecule has 26 heavy (non-hydrogen) atoms. The molecule has 0 radical (unpaired) electrons. The molecule has 6 heteroatoms. The smallest absolute Gasteiger partial charge is 0.231 e. The molecule has 2 fully saturated rings. The quantitative estimate of drug-likeness (QED) is 0.608. The molecule has 2 atom stereocenters. The summed E-state index contributed by atoms with van der Waals surface area (Å²) < 4.78 is 0. The minimum Gasteiger partial charge on any atom is -0.360 e. The zero-order valence-electron chi connectivity index (χ0n) is 16.4. The molecule has 1 saturated carbocycles. The van der Waals surface area contributed by atoms with Crippen LogP contribution in [0.25, 0.3) is 0 Å². The van der Waals surface area contributed by atoms with E-state index in [2.05, 4.69) is 40.4 Å². The van der Waals surface area contributed by atoms with E-state index in [9.17, 15) is 0 Å². The lowest BCUT2D eigenvalue weighted by molar-refractivity contribution is 0.355. The summed E-state index contributed by atoms with van der Waals surface area (Å²) in [7, 11) is 0. The van der Waals surface area contributed by atoms with Gasteiger partial charge in [0, 0.05) is 30.9 Å². The van der Waals surface area contributed by atoms with Gasteiger partial charge in [-0.05, 0) is 50.2 Å². The van der Waals surface area contributed by atoms with Crippen LogP contribution >= 0.6 is 12.2 Å². The fraction of sp³-hybridized carbons (Fsp3) is 0.750. The topological polar surface area (TPSA) is 53.1 Å². The van der Waals surface area contributed by atoms with Gasteiger partial charge in [-0.3, -0.25) is 0 Å². The first-order chi connectivity index (χ1) is 12.5.